The Balaban J connectivity index is 2.00. The van der Waals surface area contributed by atoms with Crippen molar-refractivity contribution in [3.63, 3.8) is 0 Å². The van der Waals surface area contributed by atoms with Crippen LogP contribution in [-0.4, -0.2) is 40.0 Å². The van der Waals surface area contributed by atoms with E-state index in [2.05, 4.69) is 0 Å². The van der Waals surface area contributed by atoms with Crippen LogP contribution < -0.4 is 0 Å². The molecular formula is C21H18FNO4. The number of allylic oxidation sites excluding steroid dienone is 1. The molecule has 0 fully saturated rings. The largest absolute Gasteiger partial charge is 0.503 e. The predicted molar refractivity (Wildman–Crippen MR) is 98.1 cm³/mol. The van der Waals surface area contributed by atoms with Crippen LogP contribution in [0, 0.1) is 5.82 Å². The number of nitrogens with zero attached hydrogens (tertiary/aromatic N) is 1. The topological polar surface area (TPSA) is 77.8 Å². The molecule has 27 heavy (non-hydrogen) atoms. The van der Waals surface area contributed by atoms with Gasteiger partial charge < -0.3 is 15.1 Å². The van der Waals surface area contributed by atoms with Gasteiger partial charge in [-0.25, -0.2) is 4.39 Å². The Bertz CT molecular complexity index is 921. The number of halogens is 1. The Morgan fingerprint density at radius 1 is 1.15 bits per heavy atom. The Morgan fingerprint density at radius 2 is 1.89 bits per heavy atom. The molecular weight excluding hydrogens is 349 g/mol. The summed E-state index contributed by atoms with van der Waals surface area (Å²) < 4.78 is 13.7. The van der Waals surface area contributed by atoms with Gasteiger partial charge in [-0.05, 0) is 29.3 Å². The molecule has 2 N–H and O–H groups in total. The van der Waals surface area contributed by atoms with Crippen LogP contribution in [0.3, 0.4) is 0 Å². The van der Waals surface area contributed by atoms with Crippen molar-refractivity contribution >= 4 is 17.8 Å². The molecule has 0 aliphatic carbocycles. The normalized spacial score (nSPS) is 17.2. The second kappa shape index (κ2) is 7.97. The molecule has 2 aromatic carbocycles. The third kappa shape index (κ3) is 3.80. The molecule has 1 aliphatic heterocycles. The number of aliphatic hydroxyl groups excluding tert-OH is 2. The fourth-order valence-corrected chi connectivity index (χ4v) is 3.09. The van der Waals surface area contributed by atoms with Crippen LogP contribution in [-0.2, 0) is 9.59 Å². The monoisotopic (exact) mass is 367 g/mol. The van der Waals surface area contributed by atoms with E-state index >= 15 is 0 Å². The third-order valence-corrected chi connectivity index (χ3v) is 4.30. The molecule has 0 saturated carbocycles. The van der Waals surface area contributed by atoms with Gasteiger partial charge >= 0.3 is 0 Å². The van der Waals surface area contributed by atoms with E-state index in [1.54, 1.807) is 24.3 Å². The van der Waals surface area contributed by atoms with Crippen molar-refractivity contribution in [2.24, 2.45) is 0 Å². The van der Waals surface area contributed by atoms with Crippen LogP contribution >= 0.6 is 0 Å². The van der Waals surface area contributed by atoms with Crippen molar-refractivity contribution in [1.29, 1.82) is 0 Å². The van der Waals surface area contributed by atoms with Gasteiger partial charge in [-0.2, -0.15) is 0 Å². The van der Waals surface area contributed by atoms with Crippen LogP contribution in [0.2, 0.25) is 0 Å². The molecule has 6 heteroatoms. The lowest BCUT2D eigenvalue weighted by atomic mass is 9.95. The van der Waals surface area contributed by atoms with E-state index < -0.39 is 29.3 Å². The fraction of sp³-hybridized carbons (Fsp3) is 0.143. The fourth-order valence-electron chi connectivity index (χ4n) is 3.09. The summed E-state index contributed by atoms with van der Waals surface area (Å²) in [6.07, 6.45) is 2.84. The molecule has 5 nitrogen and oxygen atoms in total. The summed E-state index contributed by atoms with van der Waals surface area (Å²) in [4.78, 5) is 26.3. The van der Waals surface area contributed by atoms with E-state index in [9.17, 15) is 24.2 Å². The quantitative estimate of drug-likeness (QED) is 0.770. The molecule has 1 atom stereocenters. The third-order valence-electron chi connectivity index (χ3n) is 4.30. The minimum Gasteiger partial charge on any atom is -0.503 e. The number of carbonyl (C=O) groups is 2. The average Bonchev–Trinajstić information content (AvgIpc) is 2.92. The van der Waals surface area contributed by atoms with Crippen molar-refractivity contribution in [3.05, 3.63) is 88.9 Å². The van der Waals surface area contributed by atoms with E-state index in [-0.39, 0.29) is 18.7 Å². The molecule has 0 unspecified atom stereocenters. The first-order valence-electron chi connectivity index (χ1n) is 8.41. The van der Waals surface area contributed by atoms with Gasteiger partial charge in [-0.1, -0.05) is 48.5 Å². The van der Waals surface area contributed by atoms with Crippen LogP contribution in [0.4, 0.5) is 4.39 Å². The maximum Gasteiger partial charge on any atom is 0.290 e. The van der Waals surface area contributed by atoms with Gasteiger partial charge in [0.1, 0.15) is 5.82 Å². The average molecular weight is 367 g/mol. The highest BCUT2D eigenvalue weighted by molar-refractivity contribution is 6.14. The van der Waals surface area contributed by atoms with Gasteiger partial charge in [-0.15, -0.1) is 0 Å². The Hall–Kier alpha value is -3.25. The maximum absolute atomic E-state index is 13.7. The van der Waals surface area contributed by atoms with Gasteiger partial charge in [0.2, 0.25) is 0 Å². The highest BCUT2D eigenvalue weighted by Gasteiger charge is 2.42. The first-order valence-corrected chi connectivity index (χ1v) is 8.41. The summed E-state index contributed by atoms with van der Waals surface area (Å²) in [7, 11) is 0. The zero-order chi connectivity index (χ0) is 19.4. The summed E-state index contributed by atoms with van der Waals surface area (Å²) in [5.74, 6) is -2.53. The van der Waals surface area contributed by atoms with Crippen molar-refractivity contribution in [2.75, 3.05) is 13.2 Å². The molecule has 138 valence electrons. The summed E-state index contributed by atoms with van der Waals surface area (Å²) >= 11 is 0. The van der Waals surface area contributed by atoms with E-state index in [0.717, 1.165) is 10.5 Å². The number of hydrogen-bond acceptors (Lipinski definition) is 4. The van der Waals surface area contributed by atoms with Crippen molar-refractivity contribution in [3.8, 4) is 0 Å². The summed E-state index contributed by atoms with van der Waals surface area (Å²) in [6, 6.07) is 13.6. The number of carbonyl (C=O) groups excluding carboxylic acids is 2. The lowest BCUT2D eigenvalue weighted by Gasteiger charge is -2.25. The Morgan fingerprint density at radius 3 is 2.56 bits per heavy atom. The van der Waals surface area contributed by atoms with Crippen molar-refractivity contribution in [1.82, 2.24) is 4.90 Å². The molecule has 1 amide bonds. The van der Waals surface area contributed by atoms with Gasteiger partial charge in [0.25, 0.3) is 5.91 Å². The van der Waals surface area contributed by atoms with Crippen molar-refractivity contribution < 1.29 is 24.2 Å². The lowest BCUT2D eigenvalue weighted by Crippen LogP contribution is -2.33. The summed E-state index contributed by atoms with van der Waals surface area (Å²) in [5, 5.41) is 19.5. The highest BCUT2D eigenvalue weighted by atomic mass is 19.1. The first-order chi connectivity index (χ1) is 13.0. The second-order valence-electron chi connectivity index (χ2n) is 6.05. The molecule has 1 aliphatic rings. The molecule has 1 heterocycles. The summed E-state index contributed by atoms with van der Waals surface area (Å²) in [5.41, 5.74) is 0.994. The molecule has 2 aromatic rings. The van der Waals surface area contributed by atoms with Crippen molar-refractivity contribution in [2.45, 2.75) is 6.04 Å². The number of rotatable bonds is 6. The maximum atomic E-state index is 13.7. The van der Waals surface area contributed by atoms with Gasteiger partial charge in [0.05, 0.1) is 18.2 Å². The van der Waals surface area contributed by atoms with Gasteiger partial charge in [0, 0.05) is 6.54 Å². The number of aliphatic hydroxyl groups is 2. The Labute approximate surface area is 155 Å². The van der Waals surface area contributed by atoms with E-state index in [4.69, 9.17) is 0 Å². The highest BCUT2D eigenvalue weighted by Crippen LogP contribution is 2.37. The van der Waals surface area contributed by atoms with E-state index in [1.165, 1.54) is 24.3 Å². The summed E-state index contributed by atoms with van der Waals surface area (Å²) in [6.45, 7) is -0.449. The SMILES string of the molecule is O=C(/C=C/c1ccccc1)C1=C(O)C(=O)N(CCO)[C@@H]1c1cccc(F)c1. The molecule has 0 aromatic heterocycles. The predicted octanol–water partition coefficient (Wildman–Crippen LogP) is 2.80. The van der Waals surface area contributed by atoms with Crippen LogP contribution in [0.5, 0.6) is 0 Å². The minimum atomic E-state index is -0.965. The molecule has 0 saturated heterocycles. The first kappa shape index (κ1) is 18.5. The number of benzene rings is 2. The van der Waals surface area contributed by atoms with E-state index in [1.807, 2.05) is 18.2 Å². The van der Waals surface area contributed by atoms with E-state index in [0.29, 0.717) is 5.56 Å². The molecule has 3 rings (SSSR count). The second-order valence-corrected chi connectivity index (χ2v) is 6.05. The smallest absolute Gasteiger partial charge is 0.290 e. The van der Waals surface area contributed by atoms with Gasteiger partial charge in [-0.3, -0.25) is 9.59 Å². The molecule has 0 bridgehead atoms. The van der Waals surface area contributed by atoms with Gasteiger partial charge in [0.15, 0.2) is 11.5 Å². The standard InChI is InChI=1S/C21H18FNO4/c22-16-8-4-7-15(13-16)19-18(20(26)21(27)23(19)11-12-24)17(25)10-9-14-5-2-1-3-6-14/h1-10,13,19,24,26H,11-12H2/b10-9+/t19-/m1/s1. The zero-order valence-electron chi connectivity index (χ0n) is 14.4. The Kier molecular flexibility index (Phi) is 5.47. The number of β-amino-alcohol motifs (C(OH)–C–C–N with tert-alkyl or cyclic N) is 1. The molecule has 0 radical (unpaired) electrons. The number of amides is 1. The zero-order valence-corrected chi connectivity index (χ0v) is 14.4. The number of ketones is 1. The molecule has 0 spiro atoms. The number of hydrogen-bond donors (Lipinski definition) is 2. The van der Waals surface area contributed by atoms with Crippen LogP contribution in [0.25, 0.3) is 6.08 Å². The van der Waals surface area contributed by atoms with Crippen LogP contribution in [0.15, 0.2) is 72.0 Å². The van der Waals surface area contributed by atoms with Crippen LogP contribution in [0.1, 0.15) is 17.2 Å². The lowest BCUT2D eigenvalue weighted by molar-refractivity contribution is -0.129. The minimum absolute atomic E-state index is 0.0940.